The molecule has 9 nitrogen and oxygen atoms in total. The summed E-state index contributed by atoms with van der Waals surface area (Å²) in [5.41, 5.74) is 2.06. The van der Waals surface area contributed by atoms with Crippen LogP contribution in [0.4, 0.5) is 5.69 Å². The molecular weight excluding hydrogens is 440 g/mol. The third-order valence-electron chi connectivity index (χ3n) is 5.24. The first-order chi connectivity index (χ1) is 16.4. The number of carbonyl (C=O) groups is 3. The number of methoxy groups -OCH3 is 2. The molecule has 0 saturated heterocycles. The number of furan rings is 1. The van der Waals surface area contributed by atoms with Gasteiger partial charge in [0.1, 0.15) is 0 Å². The molecule has 0 saturated carbocycles. The fraction of sp³-hybridized carbons (Fsp3) is 0.160. The molecule has 174 valence electrons. The van der Waals surface area contributed by atoms with E-state index in [2.05, 4.69) is 10.3 Å². The van der Waals surface area contributed by atoms with Gasteiger partial charge in [0, 0.05) is 34.3 Å². The molecule has 0 unspecified atom stereocenters. The van der Waals surface area contributed by atoms with E-state index < -0.39 is 18.5 Å². The SMILES string of the molecule is COc1cc(NC(=O)c2ccco2)c(C(=O)OCC(=O)c2c(C)[nH]c3ccccc23)cc1OC. The van der Waals surface area contributed by atoms with Crippen LogP contribution in [0, 0.1) is 6.92 Å². The number of aromatic amines is 1. The summed E-state index contributed by atoms with van der Waals surface area (Å²) in [4.78, 5) is 41.5. The van der Waals surface area contributed by atoms with Gasteiger partial charge in [0.25, 0.3) is 5.91 Å². The average molecular weight is 462 g/mol. The van der Waals surface area contributed by atoms with Crippen molar-refractivity contribution in [3.63, 3.8) is 0 Å². The van der Waals surface area contributed by atoms with Crippen LogP contribution in [0.5, 0.6) is 11.5 Å². The van der Waals surface area contributed by atoms with Crippen molar-refractivity contribution in [1.82, 2.24) is 4.98 Å². The number of H-pyrrole nitrogens is 1. The van der Waals surface area contributed by atoms with Crippen molar-refractivity contribution in [2.75, 3.05) is 26.1 Å². The molecule has 0 fully saturated rings. The third kappa shape index (κ3) is 4.36. The van der Waals surface area contributed by atoms with Crippen LogP contribution in [0.2, 0.25) is 0 Å². The average Bonchev–Trinajstić information content (AvgIpc) is 3.49. The summed E-state index contributed by atoms with van der Waals surface area (Å²) in [5.74, 6) is -1.15. The minimum Gasteiger partial charge on any atom is -0.493 e. The first-order valence-corrected chi connectivity index (χ1v) is 10.3. The summed E-state index contributed by atoms with van der Waals surface area (Å²) in [6.45, 7) is 1.30. The minimum atomic E-state index is -0.818. The lowest BCUT2D eigenvalue weighted by molar-refractivity contribution is 0.0475. The number of aryl methyl sites for hydroxylation is 1. The number of Topliss-reactive ketones (excluding diaryl/α,β-unsaturated/α-hetero) is 1. The zero-order valence-electron chi connectivity index (χ0n) is 18.8. The predicted molar refractivity (Wildman–Crippen MR) is 124 cm³/mol. The van der Waals surface area contributed by atoms with Crippen LogP contribution < -0.4 is 14.8 Å². The van der Waals surface area contributed by atoms with Crippen LogP contribution in [-0.4, -0.2) is 43.5 Å². The molecule has 0 aliphatic rings. The number of hydrogen-bond acceptors (Lipinski definition) is 7. The van der Waals surface area contributed by atoms with Crippen molar-refractivity contribution in [3.8, 4) is 11.5 Å². The van der Waals surface area contributed by atoms with E-state index >= 15 is 0 Å². The molecule has 0 atom stereocenters. The number of fused-ring (bicyclic) bond motifs is 1. The Balaban J connectivity index is 1.59. The highest BCUT2D eigenvalue weighted by Gasteiger charge is 2.23. The van der Waals surface area contributed by atoms with Gasteiger partial charge >= 0.3 is 5.97 Å². The van der Waals surface area contributed by atoms with Crippen molar-refractivity contribution in [2.24, 2.45) is 0 Å². The van der Waals surface area contributed by atoms with Crippen LogP contribution in [0.25, 0.3) is 10.9 Å². The number of ether oxygens (including phenoxy) is 3. The number of rotatable bonds is 8. The van der Waals surface area contributed by atoms with E-state index in [0.29, 0.717) is 17.0 Å². The highest BCUT2D eigenvalue weighted by molar-refractivity contribution is 6.11. The van der Waals surface area contributed by atoms with Gasteiger partial charge in [0.05, 0.1) is 31.7 Å². The Labute approximate surface area is 194 Å². The van der Waals surface area contributed by atoms with Crippen molar-refractivity contribution in [1.29, 1.82) is 0 Å². The summed E-state index contributed by atoms with van der Waals surface area (Å²) in [7, 11) is 2.84. The van der Waals surface area contributed by atoms with E-state index in [-0.39, 0.29) is 28.5 Å². The number of para-hydroxylation sites is 1. The molecule has 0 radical (unpaired) electrons. The van der Waals surface area contributed by atoms with E-state index in [1.807, 2.05) is 24.3 Å². The monoisotopic (exact) mass is 462 g/mol. The quantitative estimate of drug-likeness (QED) is 0.295. The number of anilines is 1. The number of ketones is 1. The smallest absolute Gasteiger partial charge is 0.340 e. The van der Waals surface area contributed by atoms with Gasteiger partial charge < -0.3 is 28.9 Å². The molecule has 9 heteroatoms. The zero-order chi connectivity index (χ0) is 24.2. The van der Waals surface area contributed by atoms with Gasteiger partial charge in [-0.3, -0.25) is 9.59 Å². The maximum absolute atomic E-state index is 13.0. The van der Waals surface area contributed by atoms with Crippen LogP contribution in [-0.2, 0) is 4.74 Å². The Morgan fingerprint density at radius 2 is 1.74 bits per heavy atom. The molecule has 4 aromatic rings. The lowest BCUT2D eigenvalue weighted by Gasteiger charge is -2.15. The van der Waals surface area contributed by atoms with Gasteiger partial charge in [0.2, 0.25) is 5.78 Å². The van der Waals surface area contributed by atoms with E-state index in [9.17, 15) is 14.4 Å². The van der Waals surface area contributed by atoms with Crippen molar-refractivity contribution in [2.45, 2.75) is 6.92 Å². The van der Waals surface area contributed by atoms with Crippen LogP contribution in [0.1, 0.15) is 37.0 Å². The molecule has 4 rings (SSSR count). The van der Waals surface area contributed by atoms with Gasteiger partial charge in [0.15, 0.2) is 23.9 Å². The maximum Gasteiger partial charge on any atom is 0.340 e. The second-order valence-electron chi connectivity index (χ2n) is 7.35. The molecule has 0 aliphatic carbocycles. The van der Waals surface area contributed by atoms with Crippen molar-refractivity contribution < 1.29 is 33.0 Å². The first-order valence-electron chi connectivity index (χ1n) is 10.3. The highest BCUT2D eigenvalue weighted by Crippen LogP contribution is 2.34. The van der Waals surface area contributed by atoms with Gasteiger partial charge in [-0.2, -0.15) is 0 Å². The van der Waals surface area contributed by atoms with E-state index in [0.717, 1.165) is 10.9 Å². The number of hydrogen-bond donors (Lipinski definition) is 2. The molecule has 0 bridgehead atoms. The van der Waals surface area contributed by atoms with E-state index in [1.54, 1.807) is 13.0 Å². The Bertz CT molecular complexity index is 1370. The normalized spacial score (nSPS) is 10.7. The molecule has 2 heterocycles. The number of esters is 1. The Kier molecular flexibility index (Phi) is 6.35. The topological polar surface area (TPSA) is 120 Å². The molecule has 34 heavy (non-hydrogen) atoms. The second-order valence-corrected chi connectivity index (χ2v) is 7.35. The minimum absolute atomic E-state index is 0.0130. The van der Waals surface area contributed by atoms with E-state index in [1.165, 1.54) is 38.7 Å². The zero-order valence-corrected chi connectivity index (χ0v) is 18.8. The van der Waals surface area contributed by atoms with E-state index in [4.69, 9.17) is 18.6 Å². The number of carbonyl (C=O) groups excluding carboxylic acids is 3. The lowest BCUT2D eigenvalue weighted by Crippen LogP contribution is -2.18. The number of aromatic nitrogens is 1. The van der Waals surface area contributed by atoms with Crippen molar-refractivity contribution in [3.05, 3.63) is 77.4 Å². The fourth-order valence-electron chi connectivity index (χ4n) is 3.66. The fourth-order valence-corrected chi connectivity index (χ4v) is 3.66. The van der Waals surface area contributed by atoms with Gasteiger partial charge in [-0.1, -0.05) is 18.2 Å². The maximum atomic E-state index is 13.0. The third-order valence-corrected chi connectivity index (χ3v) is 5.24. The standard InChI is InChI=1S/C25H22N2O7/c1-14-23(15-7-4-5-8-17(15)26-14)19(28)13-34-25(30)16-11-21(31-2)22(32-3)12-18(16)27-24(29)20-9-6-10-33-20/h4-12,26H,13H2,1-3H3,(H,27,29). The molecule has 2 aromatic heterocycles. The largest absolute Gasteiger partial charge is 0.493 e. The summed E-state index contributed by atoms with van der Waals surface area (Å²) < 4.78 is 21.0. The summed E-state index contributed by atoms with van der Waals surface area (Å²) in [6.07, 6.45) is 1.36. The number of nitrogens with one attached hydrogen (secondary N) is 2. The highest BCUT2D eigenvalue weighted by atomic mass is 16.5. The van der Waals surface area contributed by atoms with Crippen LogP contribution in [0.3, 0.4) is 0 Å². The Morgan fingerprint density at radius 3 is 2.44 bits per heavy atom. The Hall–Kier alpha value is -4.53. The molecule has 2 N–H and O–H groups in total. The van der Waals surface area contributed by atoms with Gasteiger partial charge in [-0.15, -0.1) is 0 Å². The molecule has 0 aliphatic heterocycles. The summed E-state index contributed by atoms with van der Waals surface area (Å²) >= 11 is 0. The summed E-state index contributed by atoms with van der Waals surface area (Å²) in [5, 5.41) is 3.36. The van der Waals surface area contributed by atoms with Crippen molar-refractivity contribution >= 4 is 34.3 Å². The van der Waals surface area contributed by atoms with Crippen LogP contribution >= 0.6 is 0 Å². The number of amides is 1. The molecule has 0 spiro atoms. The molecule has 2 aromatic carbocycles. The Morgan fingerprint density at radius 1 is 1.00 bits per heavy atom. The number of benzene rings is 2. The lowest BCUT2D eigenvalue weighted by atomic mass is 10.1. The van der Waals surface area contributed by atoms with Gasteiger partial charge in [-0.25, -0.2) is 4.79 Å². The molecular formula is C25H22N2O7. The van der Waals surface area contributed by atoms with Gasteiger partial charge in [-0.05, 0) is 25.1 Å². The second kappa shape index (κ2) is 9.53. The summed E-state index contributed by atoms with van der Waals surface area (Å²) in [6, 6.07) is 13.2. The predicted octanol–water partition coefficient (Wildman–Crippen LogP) is 4.38. The molecule has 1 amide bonds. The first kappa shape index (κ1) is 22.7. The van der Waals surface area contributed by atoms with Crippen LogP contribution in [0.15, 0.2) is 59.2 Å².